The van der Waals surface area contributed by atoms with Crippen LogP contribution in [0.3, 0.4) is 0 Å². The van der Waals surface area contributed by atoms with Crippen molar-refractivity contribution < 1.29 is 10.6 Å². The summed E-state index contributed by atoms with van der Waals surface area (Å²) in [7, 11) is 0. The minimum atomic E-state index is -1.39. The highest BCUT2D eigenvalue weighted by Gasteiger charge is 2.22. The van der Waals surface area contributed by atoms with Crippen LogP contribution in [0.25, 0.3) is 0 Å². The Morgan fingerprint density at radius 1 is 1.40 bits per heavy atom. The second-order valence-corrected chi connectivity index (χ2v) is 4.22. The lowest BCUT2D eigenvalue weighted by Gasteiger charge is -2.13. The summed E-state index contributed by atoms with van der Waals surface area (Å²) in [5.74, 6) is 0. The first-order chi connectivity index (χ1) is 3.95. The molecular formula is C4H10Cl3NO2. The molecule has 3 nitrogen and oxygen atoms in total. The fourth-order valence-corrected chi connectivity index (χ4v) is 0.885. The number of hydrogen-bond donors (Lipinski definition) is 2. The van der Waals surface area contributed by atoms with E-state index in [1.807, 2.05) is 0 Å². The second-order valence-electron chi connectivity index (χ2n) is 1.71. The average Bonchev–Trinajstić information content (AvgIpc) is 1.62. The van der Waals surface area contributed by atoms with Crippen molar-refractivity contribution in [2.75, 3.05) is 6.54 Å². The predicted octanol–water partition coefficient (Wildman–Crippen LogP) is 0.242. The van der Waals surface area contributed by atoms with Crippen molar-refractivity contribution in [1.29, 1.82) is 0 Å². The molecule has 0 spiro atoms. The van der Waals surface area contributed by atoms with Gasteiger partial charge >= 0.3 is 0 Å². The largest absolute Gasteiger partial charge is 0.412 e. The Hall–Kier alpha value is 0.750. The fraction of sp³-hybridized carbons (Fsp3) is 1.00. The van der Waals surface area contributed by atoms with Gasteiger partial charge in [-0.15, -0.1) is 0 Å². The molecule has 0 amide bonds. The number of aliphatic hydroxyl groups excluding tert-OH is 1. The summed E-state index contributed by atoms with van der Waals surface area (Å²) in [6.07, 6.45) is -0.647. The van der Waals surface area contributed by atoms with Crippen LogP contribution in [-0.2, 0) is 0 Å². The third-order valence-corrected chi connectivity index (χ3v) is 1.20. The molecule has 6 heteroatoms. The molecule has 1 unspecified atom stereocenters. The number of alkyl halides is 3. The van der Waals surface area contributed by atoms with Crippen LogP contribution >= 0.6 is 34.8 Å². The topological polar surface area (TPSA) is 77.8 Å². The van der Waals surface area contributed by atoms with Gasteiger partial charge in [0.1, 0.15) is 0 Å². The van der Waals surface area contributed by atoms with Crippen molar-refractivity contribution >= 4 is 34.8 Å². The minimum Gasteiger partial charge on any atom is -0.412 e. The lowest BCUT2D eigenvalue weighted by atomic mass is 10.3. The maximum absolute atomic E-state index is 8.82. The van der Waals surface area contributed by atoms with Gasteiger partial charge in [-0.2, -0.15) is 0 Å². The van der Waals surface area contributed by atoms with Crippen molar-refractivity contribution in [3.8, 4) is 0 Å². The Balaban J connectivity index is 0. The van der Waals surface area contributed by atoms with Crippen LogP contribution in [0.4, 0.5) is 0 Å². The van der Waals surface area contributed by atoms with Gasteiger partial charge in [-0.05, 0) is 0 Å². The van der Waals surface area contributed by atoms with Crippen LogP contribution in [0.15, 0.2) is 0 Å². The van der Waals surface area contributed by atoms with Crippen LogP contribution in [0.2, 0.25) is 0 Å². The first kappa shape index (κ1) is 13.3. The van der Waals surface area contributed by atoms with E-state index in [1.165, 1.54) is 0 Å². The van der Waals surface area contributed by atoms with E-state index in [2.05, 4.69) is 0 Å². The average molecular weight is 210 g/mol. The van der Waals surface area contributed by atoms with Crippen LogP contribution in [0.1, 0.15) is 6.42 Å². The van der Waals surface area contributed by atoms with Gasteiger partial charge in [-0.1, -0.05) is 34.8 Å². The zero-order chi connectivity index (χ0) is 7.49. The quantitative estimate of drug-likeness (QED) is 0.641. The van der Waals surface area contributed by atoms with Crippen LogP contribution in [0, 0.1) is 0 Å². The Bertz CT molecular complexity index is 85.1. The van der Waals surface area contributed by atoms with E-state index in [1.54, 1.807) is 0 Å². The lowest BCUT2D eigenvalue weighted by Crippen LogP contribution is -2.24. The van der Waals surface area contributed by atoms with Gasteiger partial charge in [0.15, 0.2) is 3.79 Å². The Morgan fingerprint density at radius 3 is 1.90 bits per heavy atom. The molecule has 0 heterocycles. The summed E-state index contributed by atoms with van der Waals surface area (Å²) in [5.41, 5.74) is 5.05. The molecule has 0 fully saturated rings. The molecule has 0 aliphatic carbocycles. The van der Waals surface area contributed by atoms with E-state index in [0.29, 0.717) is 0 Å². The molecule has 1 atom stereocenters. The molecule has 0 aromatic rings. The highest BCUT2D eigenvalue weighted by molar-refractivity contribution is 6.67. The molecule has 0 radical (unpaired) electrons. The van der Waals surface area contributed by atoms with Gasteiger partial charge in [-0.3, -0.25) is 0 Å². The lowest BCUT2D eigenvalue weighted by molar-refractivity contribution is 0.174. The maximum atomic E-state index is 8.82. The summed E-state index contributed by atoms with van der Waals surface area (Å²) in [5, 5.41) is 8.82. The molecule has 0 saturated carbocycles. The molecule has 0 aromatic heterocycles. The summed E-state index contributed by atoms with van der Waals surface area (Å²) in [6.45, 7) is 0.119. The molecule has 10 heavy (non-hydrogen) atoms. The SMILES string of the molecule is NCC(O)CC(Cl)(Cl)Cl.O. The Kier molecular flexibility index (Phi) is 7.22. The van der Waals surface area contributed by atoms with Crippen LogP contribution < -0.4 is 5.73 Å². The third-order valence-electron chi connectivity index (χ3n) is 0.739. The van der Waals surface area contributed by atoms with Gasteiger partial charge in [0.25, 0.3) is 0 Å². The summed E-state index contributed by atoms with van der Waals surface area (Å²) in [4.78, 5) is 0. The van der Waals surface area contributed by atoms with Gasteiger partial charge in [-0.25, -0.2) is 0 Å². The van der Waals surface area contributed by atoms with E-state index in [0.717, 1.165) is 0 Å². The predicted molar refractivity (Wildman–Crippen MR) is 43.6 cm³/mol. The number of halogens is 3. The maximum Gasteiger partial charge on any atom is 0.193 e. The zero-order valence-electron chi connectivity index (χ0n) is 5.15. The molecule has 0 aliphatic heterocycles. The van der Waals surface area contributed by atoms with Crippen LogP contribution in [0.5, 0.6) is 0 Å². The van der Waals surface area contributed by atoms with E-state index in [4.69, 9.17) is 45.6 Å². The number of hydrogen-bond acceptors (Lipinski definition) is 2. The Morgan fingerprint density at radius 2 is 1.80 bits per heavy atom. The second kappa shape index (κ2) is 5.41. The smallest absolute Gasteiger partial charge is 0.193 e. The first-order valence-corrected chi connectivity index (χ1v) is 3.54. The highest BCUT2D eigenvalue weighted by Crippen LogP contribution is 2.30. The molecule has 64 valence electrons. The number of rotatable bonds is 2. The van der Waals surface area contributed by atoms with Crippen molar-refractivity contribution in [1.82, 2.24) is 0 Å². The van der Waals surface area contributed by atoms with Crippen molar-refractivity contribution in [2.24, 2.45) is 5.73 Å². The van der Waals surface area contributed by atoms with Crippen LogP contribution in [-0.4, -0.2) is 27.0 Å². The molecule has 0 bridgehead atoms. The van der Waals surface area contributed by atoms with E-state index in [9.17, 15) is 0 Å². The van der Waals surface area contributed by atoms with Crippen molar-refractivity contribution in [3.05, 3.63) is 0 Å². The van der Waals surface area contributed by atoms with Gasteiger partial charge in [0, 0.05) is 13.0 Å². The van der Waals surface area contributed by atoms with Gasteiger partial charge < -0.3 is 16.3 Å². The monoisotopic (exact) mass is 209 g/mol. The zero-order valence-corrected chi connectivity index (χ0v) is 7.42. The third kappa shape index (κ3) is 8.75. The molecule has 0 saturated heterocycles. The van der Waals surface area contributed by atoms with Crippen molar-refractivity contribution in [2.45, 2.75) is 16.3 Å². The fourth-order valence-electron chi connectivity index (χ4n) is 0.351. The standard InChI is InChI=1S/C4H8Cl3NO.H2O/c5-4(6,7)1-3(9)2-8;/h3,9H,1-2,8H2;1H2. The number of nitrogens with two attached hydrogens (primary N) is 1. The normalized spacial score (nSPS) is 14.1. The summed E-state index contributed by atoms with van der Waals surface area (Å²) >= 11 is 16.0. The van der Waals surface area contributed by atoms with E-state index in [-0.39, 0.29) is 18.4 Å². The number of aliphatic hydroxyl groups is 1. The van der Waals surface area contributed by atoms with Crippen molar-refractivity contribution in [3.63, 3.8) is 0 Å². The summed E-state index contributed by atoms with van der Waals surface area (Å²) < 4.78 is -1.39. The Labute approximate surface area is 74.4 Å². The minimum absolute atomic E-state index is 0. The molecule has 5 N–H and O–H groups in total. The van der Waals surface area contributed by atoms with Gasteiger partial charge in [0.2, 0.25) is 0 Å². The summed E-state index contributed by atoms with van der Waals surface area (Å²) in [6, 6.07) is 0. The van der Waals surface area contributed by atoms with E-state index < -0.39 is 9.90 Å². The van der Waals surface area contributed by atoms with E-state index >= 15 is 0 Å². The highest BCUT2D eigenvalue weighted by atomic mass is 35.6. The molecule has 0 aromatic carbocycles. The van der Waals surface area contributed by atoms with Gasteiger partial charge in [0.05, 0.1) is 6.10 Å². The molecule has 0 aliphatic rings. The molecular weight excluding hydrogens is 200 g/mol. The molecule has 0 rings (SSSR count). The first-order valence-electron chi connectivity index (χ1n) is 2.40.